The van der Waals surface area contributed by atoms with Gasteiger partial charge < -0.3 is 10.6 Å². The number of fused-ring (bicyclic) bond motifs is 1. The molecule has 0 aromatic rings. The highest BCUT2D eigenvalue weighted by Crippen LogP contribution is 2.21. The van der Waals surface area contributed by atoms with Crippen LogP contribution in [0.15, 0.2) is 12.7 Å². The van der Waals surface area contributed by atoms with E-state index in [-0.39, 0.29) is 5.91 Å². The van der Waals surface area contributed by atoms with Crippen molar-refractivity contribution in [3.05, 3.63) is 12.7 Å². The second kappa shape index (κ2) is 5.65. The van der Waals surface area contributed by atoms with Gasteiger partial charge in [0.15, 0.2) is 0 Å². The van der Waals surface area contributed by atoms with E-state index in [4.69, 9.17) is 5.73 Å². The topological polar surface area (TPSA) is 49.6 Å². The summed E-state index contributed by atoms with van der Waals surface area (Å²) in [6.45, 7) is 7.69. The number of carbonyl (C=O) groups excluding carboxylic acids is 1. The molecule has 2 atom stereocenters. The number of rotatable bonds is 3. The van der Waals surface area contributed by atoms with Crippen molar-refractivity contribution >= 4 is 5.91 Å². The van der Waals surface area contributed by atoms with E-state index in [0.717, 1.165) is 26.1 Å². The van der Waals surface area contributed by atoms with Crippen LogP contribution in [0.1, 0.15) is 25.7 Å². The maximum atomic E-state index is 12.2. The number of hydrogen-bond acceptors (Lipinski definition) is 3. The molecule has 0 radical (unpaired) electrons. The Morgan fingerprint density at radius 1 is 1.41 bits per heavy atom. The molecule has 2 fully saturated rings. The smallest absolute Gasteiger partial charge is 0.239 e. The second-order valence-corrected chi connectivity index (χ2v) is 5.10. The SMILES string of the molecule is C=CCC(N)C(=O)N1CCCN2CCCC2C1. The first kappa shape index (κ1) is 12.6. The minimum atomic E-state index is -0.402. The van der Waals surface area contributed by atoms with Crippen LogP contribution in [0.25, 0.3) is 0 Å². The molecular formula is C13H23N3O. The molecule has 2 saturated heterocycles. The minimum absolute atomic E-state index is 0.0960. The molecule has 2 unspecified atom stereocenters. The third-order valence-electron chi connectivity index (χ3n) is 3.85. The highest BCUT2D eigenvalue weighted by molar-refractivity contribution is 5.81. The molecule has 2 heterocycles. The zero-order valence-electron chi connectivity index (χ0n) is 10.5. The lowest BCUT2D eigenvalue weighted by molar-refractivity contribution is -0.132. The van der Waals surface area contributed by atoms with Crippen molar-refractivity contribution in [3.8, 4) is 0 Å². The quantitative estimate of drug-likeness (QED) is 0.731. The number of carbonyl (C=O) groups is 1. The Kier molecular flexibility index (Phi) is 4.18. The lowest BCUT2D eigenvalue weighted by Crippen LogP contribution is -2.46. The van der Waals surface area contributed by atoms with Gasteiger partial charge in [-0.15, -0.1) is 6.58 Å². The van der Waals surface area contributed by atoms with E-state index in [2.05, 4.69) is 11.5 Å². The van der Waals surface area contributed by atoms with Crippen LogP contribution < -0.4 is 5.73 Å². The van der Waals surface area contributed by atoms with E-state index in [9.17, 15) is 4.79 Å². The first-order chi connectivity index (χ1) is 8.22. The van der Waals surface area contributed by atoms with Crippen LogP contribution in [0.5, 0.6) is 0 Å². The van der Waals surface area contributed by atoms with Gasteiger partial charge in [0.2, 0.25) is 5.91 Å². The van der Waals surface area contributed by atoms with Crippen molar-refractivity contribution < 1.29 is 4.79 Å². The Bertz CT molecular complexity index is 292. The highest BCUT2D eigenvalue weighted by Gasteiger charge is 2.31. The van der Waals surface area contributed by atoms with Crippen molar-refractivity contribution in [2.24, 2.45) is 5.73 Å². The first-order valence-corrected chi connectivity index (χ1v) is 6.61. The fraction of sp³-hybridized carbons (Fsp3) is 0.769. The van der Waals surface area contributed by atoms with Gasteiger partial charge in [-0.2, -0.15) is 0 Å². The Hall–Kier alpha value is -0.870. The number of hydrogen-bond donors (Lipinski definition) is 1. The van der Waals surface area contributed by atoms with Crippen molar-refractivity contribution in [2.75, 3.05) is 26.2 Å². The van der Waals surface area contributed by atoms with Crippen LogP contribution in [0.2, 0.25) is 0 Å². The highest BCUT2D eigenvalue weighted by atomic mass is 16.2. The van der Waals surface area contributed by atoms with Crippen molar-refractivity contribution in [1.82, 2.24) is 9.80 Å². The fourth-order valence-electron chi connectivity index (χ4n) is 2.92. The molecule has 0 spiro atoms. The summed E-state index contributed by atoms with van der Waals surface area (Å²) in [4.78, 5) is 16.6. The summed E-state index contributed by atoms with van der Waals surface area (Å²) < 4.78 is 0. The van der Waals surface area contributed by atoms with E-state index in [0.29, 0.717) is 12.5 Å². The number of nitrogens with two attached hydrogens (primary N) is 1. The normalized spacial score (nSPS) is 27.4. The van der Waals surface area contributed by atoms with Crippen LogP contribution in [0.4, 0.5) is 0 Å². The van der Waals surface area contributed by atoms with Gasteiger partial charge >= 0.3 is 0 Å². The van der Waals surface area contributed by atoms with Gasteiger partial charge in [0.05, 0.1) is 6.04 Å². The predicted molar refractivity (Wildman–Crippen MR) is 68.6 cm³/mol. The molecule has 4 heteroatoms. The van der Waals surface area contributed by atoms with Crippen molar-refractivity contribution in [3.63, 3.8) is 0 Å². The van der Waals surface area contributed by atoms with E-state index in [1.807, 2.05) is 4.90 Å². The standard InChI is InChI=1S/C13H23N3O/c1-2-5-12(14)13(17)16-9-4-8-15-7-3-6-11(15)10-16/h2,11-12H,1,3-10,14H2. The molecule has 0 aromatic carbocycles. The third-order valence-corrected chi connectivity index (χ3v) is 3.85. The van der Waals surface area contributed by atoms with Gasteiger partial charge in [0.1, 0.15) is 0 Å². The summed E-state index contributed by atoms with van der Waals surface area (Å²) >= 11 is 0. The van der Waals surface area contributed by atoms with Crippen LogP contribution in [-0.2, 0) is 4.79 Å². The van der Waals surface area contributed by atoms with Gasteiger partial charge in [-0.25, -0.2) is 0 Å². The number of amides is 1. The van der Waals surface area contributed by atoms with Crippen LogP contribution >= 0.6 is 0 Å². The molecule has 96 valence electrons. The molecule has 0 saturated carbocycles. The summed E-state index contributed by atoms with van der Waals surface area (Å²) in [6.07, 6.45) is 5.86. The van der Waals surface area contributed by atoms with Crippen LogP contribution in [0, 0.1) is 0 Å². The summed E-state index contributed by atoms with van der Waals surface area (Å²) in [5, 5.41) is 0. The van der Waals surface area contributed by atoms with E-state index in [1.54, 1.807) is 6.08 Å². The van der Waals surface area contributed by atoms with Gasteiger partial charge in [-0.1, -0.05) is 6.08 Å². The minimum Gasteiger partial charge on any atom is -0.340 e. The van der Waals surface area contributed by atoms with Crippen molar-refractivity contribution in [1.29, 1.82) is 0 Å². The Labute approximate surface area is 103 Å². The molecule has 4 nitrogen and oxygen atoms in total. The largest absolute Gasteiger partial charge is 0.340 e. The van der Waals surface area contributed by atoms with Crippen molar-refractivity contribution in [2.45, 2.75) is 37.8 Å². The van der Waals surface area contributed by atoms with E-state index >= 15 is 0 Å². The molecule has 2 N–H and O–H groups in total. The molecule has 1 amide bonds. The fourth-order valence-corrected chi connectivity index (χ4v) is 2.92. The molecule has 0 aliphatic carbocycles. The lowest BCUT2D eigenvalue weighted by Gasteiger charge is -2.27. The summed E-state index contributed by atoms with van der Waals surface area (Å²) in [6, 6.07) is 0.165. The van der Waals surface area contributed by atoms with Gasteiger partial charge in [-0.05, 0) is 32.2 Å². The molecular weight excluding hydrogens is 214 g/mol. The van der Waals surface area contributed by atoms with E-state index in [1.165, 1.54) is 19.4 Å². The lowest BCUT2D eigenvalue weighted by atomic mass is 10.1. The number of nitrogens with zero attached hydrogens (tertiary/aromatic N) is 2. The molecule has 2 aliphatic rings. The summed E-state index contributed by atoms with van der Waals surface area (Å²) in [5.74, 6) is 0.0960. The maximum Gasteiger partial charge on any atom is 0.239 e. The molecule has 2 aliphatic heterocycles. The summed E-state index contributed by atoms with van der Waals surface area (Å²) in [5.41, 5.74) is 5.87. The molecule has 17 heavy (non-hydrogen) atoms. The third kappa shape index (κ3) is 2.87. The monoisotopic (exact) mass is 237 g/mol. The Morgan fingerprint density at radius 3 is 2.94 bits per heavy atom. The maximum absolute atomic E-state index is 12.2. The zero-order chi connectivity index (χ0) is 12.3. The molecule has 0 bridgehead atoms. The Balaban J connectivity index is 1.95. The van der Waals surface area contributed by atoms with Gasteiger partial charge in [-0.3, -0.25) is 9.69 Å². The second-order valence-electron chi connectivity index (χ2n) is 5.10. The van der Waals surface area contributed by atoms with Gasteiger partial charge in [0.25, 0.3) is 0 Å². The average molecular weight is 237 g/mol. The van der Waals surface area contributed by atoms with E-state index < -0.39 is 6.04 Å². The van der Waals surface area contributed by atoms with Gasteiger partial charge in [0, 0.05) is 25.7 Å². The Morgan fingerprint density at radius 2 is 2.18 bits per heavy atom. The van der Waals surface area contributed by atoms with Crippen LogP contribution in [0.3, 0.4) is 0 Å². The first-order valence-electron chi connectivity index (χ1n) is 6.61. The predicted octanol–water partition coefficient (Wildman–Crippen LogP) is 0.587. The molecule has 2 rings (SSSR count). The summed E-state index contributed by atoms with van der Waals surface area (Å²) in [7, 11) is 0. The molecule has 0 aromatic heterocycles. The van der Waals surface area contributed by atoms with Crippen LogP contribution in [-0.4, -0.2) is 54.0 Å². The average Bonchev–Trinajstić information content (AvgIpc) is 2.66. The zero-order valence-corrected chi connectivity index (χ0v) is 10.5.